The monoisotopic (exact) mass is 372 g/mol. The molecule has 4 nitrogen and oxygen atoms in total. The van der Waals surface area contributed by atoms with E-state index in [2.05, 4.69) is 34.8 Å². The molecular weight excluding hydrogens is 355 g/mol. The van der Waals surface area contributed by atoms with Crippen molar-refractivity contribution in [1.82, 2.24) is 10.2 Å². The van der Waals surface area contributed by atoms with Crippen LogP contribution < -0.4 is 5.32 Å². The van der Waals surface area contributed by atoms with E-state index in [9.17, 15) is 9.90 Å². The molecule has 0 aromatic heterocycles. The number of halogens is 1. The van der Waals surface area contributed by atoms with Gasteiger partial charge in [-0.15, -0.1) is 0 Å². The van der Waals surface area contributed by atoms with E-state index < -0.39 is 0 Å². The molecule has 0 aliphatic carbocycles. The fraction of sp³-hybridized carbons (Fsp3) is 0.500. The highest BCUT2D eigenvalue weighted by Gasteiger charge is 2.44. The summed E-state index contributed by atoms with van der Waals surface area (Å²) in [5.41, 5.74) is 0.423. The zero-order valence-electron chi connectivity index (χ0n) is 10.8. The highest BCUT2D eigenvalue weighted by atomic mass is 127. The van der Waals surface area contributed by atoms with Crippen molar-refractivity contribution in [1.29, 1.82) is 0 Å². The summed E-state index contributed by atoms with van der Waals surface area (Å²) in [6, 6.07) is 5.70. The van der Waals surface area contributed by atoms with Crippen molar-refractivity contribution in [3.63, 3.8) is 0 Å². The molecule has 19 heavy (non-hydrogen) atoms. The number of likely N-dealkylation sites (tertiary alicyclic amines) is 1. The van der Waals surface area contributed by atoms with Crippen LogP contribution >= 0.6 is 22.6 Å². The van der Waals surface area contributed by atoms with Gasteiger partial charge in [-0.2, -0.15) is 0 Å². The Morgan fingerprint density at radius 2 is 2.26 bits per heavy atom. The number of phenolic OH excluding ortho intramolecular Hbond substituents is 1. The Bertz CT molecular complexity index is 520. The van der Waals surface area contributed by atoms with Crippen LogP contribution in [0.1, 0.15) is 23.7 Å². The number of nitrogens with zero attached hydrogens (tertiary/aromatic N) is 1. The summed E-state index contributed by atoms with van der Waals surface area (Å²) in [4.78, 5) is 14.7. The summed E-state index contributed by atoms with van der Waals surface area (Å²) in [6.07, 6.45) is 1.05. The number of hydrogen-bond donors (Lipinski definition) is 2. The minimum Gasteiger partial charge on any atom is -0.507 e. The van der Waals surface area contributed by atoms with E-state index in [1.165, 1.54) is 0 Å². The maximum Gasteiger partial charge on any atom is 0.258 e. The van der Waals surface area contributed by atoms with E-state index in [-0.39, 0.29) is 23.7 Å². The van der Waals surface area contributed by atoms with Gasteiger partial charge in [-0.25, -0.2) is 0 Å². The molecule has 0 radical (unpaired) electrons. The SMILES string of the molecule is CC1CC2CNCC2N1C(=O)c1cc(I)ccc1O. The van der Waals surface area contributed by atoms with Crippen LogP contribution in [-0.2, 0) is 0 Å². The highest BCUT2D eigenvalue weighted by Crippen LogP contribution is 2.34. The number of benzene rings is 1. The zero-order valence-corrected chi connectivity index (χ0v) is 12.9. The summed E-state index contributed by atoms with van der Waals surface area (Å²) < 4.78 is 0.965. The quantitative estimate of drug-likeness (QED) is 0.740. The molecule has 3 atom stereocenters. The fourth-order valence-electron chi connectivity index (χ4n) is 3.33. The van der Waals surface area contributed by atoms with E-state index in [1.807, 2.05) is 4.90 Å². The predicted octanol–water partition coefficient (Wildman–Crippen LogP) is 1.82. The lowest BCUT2D eigenvalue weighted by molar-refractivity contribution is 0.0679. The summed E-state index contributed by atoms with van der Waals surface area (Å²) >= 11 is 2.16. The lowest BCUT2D eigenvalue weighted by atomic mass is 10.0. The van der Waals surface area contributed by atoms with Gasteiger partial charge in [-0.3, -0.25) is 4.79 Å². The third-order valence-corrected chi connectivity index (χ3v) is 4.87. The number of aromatic hydroxyl groups is 1. The number of carbonyl (C=O) groups is 1. The van der Waals surface area contributed by atoms with Crippen LogP contribution in [0.3, 0.4) is 0 Å². The van der Waals surface area contributed by atoms with E-state index >= 15 is 0 Å². The number of amides is 1. The maximum absolute atomic E-state index is 12.7. The minimum absolute atomic E-state index is 0.0419. The molecule has 5 heteroatoms. The molecule has 2 N–H and O–H groups in total. The zero-order chi connectivity index (χ0) is 13.6. The van der Waals surface area contributed by atoms with Gasteiger partial charge in [0.05, 0.1) is 5.56 Å². The smallest absolute Gasteiger partial charge is 0.258 e. The number of nitrogens with one attached hydrogen (secondary N) is 1. The first-order valence-electron chi connectivity index (χ1n) is 6.60. The van der Waals surface area contributed by atoms with Crippen molar-refractivity contribution in [3.05, 3.63) is 27.3 Å². The summed E-state index contributed by atoms with van der Waals surface area (Å²) in [5, 5.41) is 13.3. The second-order valence-electron chi connectivity index (χ2n) is 5.44. The van der Waals surface area contributed by atoms with Crippen LogP contribution in [0.2, 0.25) is 0 Å². The molecule has 3 rings (SSSR count). The van der Waals surface area contributed by atoms with Crippen LogP contribution in [0.15, 0.2) is 18.2 Å². The molecule has 1 amide bonds. The third kappa shape index (κ3) is 2.23. The van der Waals surface area contributed by atoms with Gasteiger partial charge in [0.15, 0.2) is 0 Å². The first kappa shape index (κ1) is 13.2. The Labute approximate surface area is 126 Å². The van der Waals surface area contributed by atoms with Gasteiger partial charge in [0.25, 0.3) is 5.91 Å². The molecule has 2 saturated heterocycles. The first-order chi connectivity index (χ1) is 9.08. The average Bonchev–Trinajstić information content (AvgIpc) is 2.91. The predicted molar refractivity (Wildman–Crippen MR) is 81.2 cm³/mol. The van der Waals surface area contributed by atoms with Gasteiger partial charge in [0.2, 0.25) is 0 Å². The largest absolute Gasteiger partial charge is 0.507 e. The maximum atomic E-state index is 12.7. The van der Waals surface area contributed by atoms with E-state index in [1.54, 1.807) is 18.2 Å². The molecule has 3 unspecified atom stereocenters. The van der Waals surface area contributed by atoms with Crippen molar-refractivity contribution < 1.29 is 9.90 Å². The lowest BCUT2D eigenvalue weighted by Crippen LogP contribution is -2.42. The van der Waals surface area contributed by atoms with Crippen molar-refractivity contribution >= 4 is 28.5 Å². The van der Waals surface area contributed by atoms with Crippen molar-refractivity contribution in [2.45, 2.75) is 25.4 Å². The van der Waals surface area contributed by atoms with Gasteiger partial charge in [0, 0.05) is 28.7 Å². The molecule has 1 aromatic rings. The Morgan fingerprint density at radius 1 is 1.47 bits per heavy atom. The topological polar surface area (TPSA) is 52.6 Å². The molecule has 2 heterocycles. The standard InChI is InChI=1S/C14H17IN2O2/c1-8-4-9-6-16-7-12(9)17(8)14(19)11-5-10(15)2-3-13(11)18/h2-3,5,8-9,12,16,18H,4,6-7H2,1H3. The lowest BCUT2D eigenvalue weighted by Gasteiger charge is -2.28. The Kier molecular flexibility index (Phi) is 3.42. The molecule has 0 saturated carbocycles. The summed E-state index contributed by atoms with van der Waals surface area (Å²) in [7, 11) is 0. The second kappa shape index (κ2) is 4.94. The van der Waals surface area contributed by atoms with Gasteiger partial charge in [0.1, 0.15) is 5.75 Å². The number of fused-ring (bicyclic) bond motifs is 1. The molecular formula is C14H17IN2O2. The van der Waals surface area contributed by atoms with Crippen LogP contribution in [0.25, 0.3) is 0 Å². The number of carbonyl (C=O) groups excluding carboxylic acids is 1. The van der Waals surface area contributed by atoms with Crippen LogP contribution in [0, 0.1) is 9.49 Å². The van der Waals surface area contributed by atoms with Crippen LogP contribution in [-0.4, -0.2) is 41.1 Å². The summed E-state index contributed by atoms with van der Waals surface area (Å²) in [6.45, 7) is 3.96. The summed E-state index contributed by atoms with van der Waals surface area (Å²) in [5.74, 6) is 0.593. The number of rotatable bonds is 1. The van der Waals surface area contributed by atoms with Crippen molar-refractivity contribution in [2.24, 2.45) is 5.92 Å². The number of hydrogen-bond acceptors (Lipinski definition) is 3. The van der Waals surface area contributed by atoms with Crippen LogP contribution in [0.4, 0.5) is 0 Å². The van der Waals surface area contributed by atoms with Crippen molar-refractivity contribution in [3.8, 4) is 5.75 Å². The normalized spacial score (nSPS) is 29.6. The highest BCUT2D eigenvalue weighted by molar-refractivity contribution is 14.1. The molecule has 102 valence electrons. The second-order valence-corrected chi connectivity index (χ2v) is 6.69. The fourth-order valence-corrected chi connectivity index (χ4v) is 3.82. The molecule has 2 aliphatic heterocycles. The molecule has 2 aliphatic rings. The Balaban J connectivity index is 1.93. The number of phenols is 1. The van der Waals surface area contributed by atoms with Gasteiger partial charge < -0.3 is 15.3 Å². The molecule has 0 spiro atoms. The van der Waals surface area contributed by atoms with Gasteiger partial charge in [-0.05, 0) is 60.1 Å². The molecule has 1 aromatic carbocycles. The Morgan fingerprint density at radius 3 is 3.05 bits per heavy atom. The van der Waals surface area contributed by atoms with Gasteiger partial charge in [-0.1, -0.05) is 0 Å². The van der Waals surface area contributed by atoms with E-state index in [0.717, 1.165) is 23.1 Å². The third-order valence-electron chi connectivity index (χ3n) is 4.20. The first-order valence-corrected chi connectivity index (χ1v) is 7.67. The van der Waals surface area contributed by atoms with Crippen LogP contribution in [0.5, 0.6) is 5.75 Å². The van der Waals surface area contributed by atoms with E-state index in [0.29, 0.717) is 11.5 Å². The minimum atomic E-state index is -0.0419. The molecule has 2 fully saturated rings. The van der Waals surface area contributed by atoms with Gasteiger partial charge >= 0.3 is 0 Å². The van der Waals surface area contributed by atoms with Crippen molar-refractivity contribution in [2.75, 3.05) is 13.1 Å². The molecule has 0 bridgehead atoms. The Hall–Kier alpha value is -0.820. The average molecular weight is 372 g/mol. The van der Waals surface area contributed by atoms with E-state index in [4.69, 9.17) is 0 Å².